The van der Waals surface area contributed by atoms with Gasteiger partial charge in [-0.25, -0.2) is 0 Å². The molecule has 1 rings (SSSR count). The maximum Gasteiger partial charge on any atom is 0.283 e. The summed E-state index contributed by atoms with van der Waals surface area (Å²) in [7, 11) is 0. The molecular weight excluding hydrogens is 120 g/mol. The van der Waals surface area contributed by atoms with Crippen LogP contribution in [0.15, 0.2) is 10.2 Å². The summed E-state index contributed by atoms with van der Waals surface area (Å²) in [6.45, 7) is 2.24. The molecule has 0 saturated heterocycles. The van der Waals surface area contributed by atoms with Crippen molar-refractivity contribution in [3.8, 4) is 0 Å². The van der Waals surface area contributed by atoms with Crippen molar-refractivity contribution in [2.24, 2.45) is 10.2 Å². The predicted octanol–water partition coefficient (Wildman–Crippen LogP) is -0.0101. The molecule has 9 heavy (non-hydrogen) atoms. The second-order valence-electron chi connectivity index (χ2n) is 1.45. The Bertz CT molecular complexity index is 183. The van der Waals surface area contributed by atoms with Crippen LogP contribution in [-0.4, -0.2) is 24.5 Å². The average Bonchev–Trinajstić information content (AvgIpc) is 2.18. The van der Waals surface area contributed by atoms with Gasteiger partial charge in [0.15, 0.2) is 0 Å². The van der Waals surface area contributed by atoms with Crippen LogP contribution >= 0.6 is 0 Å². The number of nitrogens with zero attached hydrogens (tertiary/aromatic N) is 2. The summed E-state index contributed by atoms with van der Waals surface area (Å²) in [6, 6.07) is 0. The van der Waals surface area contributed by atoms with Gasteiger partial charge in [-0.3, -0.25) is 4.79 Å². The van der Waals surface area contributed by atoms with Crippen LogP contribution in [0.1, 0.15) is 6.92 Å². The van der Waals surface area contributed by atoms with Crippen molar-refractivity contribution < 1.29 is 9.53 Å². The Morgan fingerprint density at radius 1 is 1.78 bits per heavy atom. The minimum Gasteiger partial charge on any atom is -0.474 e. The lowest BCUT2D eigenvalue weighted by atomic mass is 10.4. The number of carbonyl (C=O) groups excluding carboxylic acids is 1. The van der Waals surface area contributed by atoms with Crippen LogP contribution in [0.3, 0.4) is 0 Å². The summed E-state index contributed by atoms with van der Waals surface area (Å²) in [5.74, 6) is -0.158. The van der Waals surface area contributed by atoms with Gasteiger partial charge in [0.2, 0.25) is 0 Å². The summed E-state index contributed by atoms with van der Waals surface area (Å²) in [5.41, 5.74) is 0. The number of ketones is 1. The van der Waals surface area contributed by atoms with Crippen molar-refractivity contribution in [3.05, 3.63) is 0 Å². The average molecular weight is 126 g/mol. The van der Waals surface area contributed by atoms with Gasteiger partial charge in [-0.05, 0) is 6.92 Å². The van der Waals surface area contributed by atoms with Gasteiger partial charge < -0.3 is 4.74 Å². The molecule has 0 spiro atoms. The van der Waals surface area contributed by atoms with E-state index in [-0.39, 0.29) is 11.7 Å². The maximum atomic E-state index is 10.6. The molecule has 0 saturated carbocycles. The minimum absolute atomic E-state index is 0.0949. The van der Waals surface area contributed by atoms with E-state index in [0.29, 0.717) is 6.61 Å². The molecule has 0 aliphatic carbocycles. The lowest BCUT2D eigenvalue weighted by Crippen LogP contribution is -2.14. The lowest BCUT2D eigenvalue weighted by molar-refractivity contribution is -0.108. The number of hydrogen-bond donors (Lipinski definition) is 0. The summed E-state index contributed by atoms with van der Waals surface area (Å²) >= 11 is 0. The number of rotatable bonds is 1. The molecule has 1 aliphatic rings. The molecule has 0 amide bonds. The fourth-order valence-electron chi connectivity index (χ4n) is 0.475. The maximum absolute atomic E-state index is 10.6. The molecular formula is C5H6N2O2. The van der Waals surface area contributed by atoms with E-state index in [9.17, 15) is 4.79 Å². The molecule has 4 heteroatoms. The summed E-state index contributed by atoms with van der Waals surface area (Å²) in [5, 5.41) is 6.77. The van der Waals surface area contributed by atoms with Gasteiger partial charge in [0.25, 0.3) is 11.7 Å². The van der Waals surface area contributed by atoms with Gasteiger partial charge in [0, 0.05) is 0 Å². The molecule has 0 fully saturated rings. The van der Waals surface area contributed by atoms with Gasteiger partial charge >= 0.3 is 0 Å². The van der Waals surface area contributed by atoms with E-state index in [2.05, 4.69) is 10.2 Å². The number of carbonyl (C=O) groups is 1. The van der Waals surface area contributed by atoms with Crippen molar-refractivity contribution in [3.63, 3.8) is 0 Å². The fraction of sp³-hybridized carbons (Fsp3) is 0.400. The monoisotopic (exact) mass is 126 g/mol. The molecule has 0 aromatic carbocycles. The van der Waals surface area contributed by atoms with Crippen molar-refractivity contribution >= 4 is 17.9 Å². The van der Waals surface area contributed by atoms with Crippen LogP contribution in [0.2, 0.25) is 0 Å². The van der Waals surface area contributed by atoms with Gasteiger partial charge in [-0.1, -0.05) is 0 Å². The lowest BCUT2D eigenvalue weighted by Gasteiger charge is -1.95. The first-order valence-corrected chi connectivity index (χ1v) is 2.62. The fourth-order valence-corrected chi connectivity index (χ4v) is 0.475. The Balaban J connectivity index is 2.54. The standard InChI is InChI=1S/C5H6N2O2/c1-2-9-5-4(8)3-6-7-5/h3H,2H2,1H3. The van der Waals surface area contributed by atoms with E-state index < -0.39 is 0 Å². The Kier molecular flexibility index (Phi) is 1.58. The molecule has 0 unspecified atom stereocenters. The Morgan fingerprint density at radius 2 is 2.56 bits per heavy atom. The highest BCUT2D eigenvalue weighted by atomic mass is 16.5. The second-order valence-corrected chi connectivity index (χ2v) is 1.45. The zero-order valence-electron chi connectivity index (χ0n) is 5.00. The highest BCUT2D eigenvalue weighted by Crippen LogP contribution is 1.91. The van der Waals surface area contributed by atoms with E-state index in [0.717, 1.165) is 6.21 Å². The van der Waals surface area contributed by atoms with E-state index in [4.69, 9.17) is 4.74 Å². The third kappa shape index (κ3) is 1.13. The van der Waals surface area contributed by atoms with E-state index in [1.165, 1.54) is 0 Å². The Morgan fingerprint density at radius 3 is 3.00 bits per heavy atom. The number of Topliss-reactive ketones (excluding diaryl/α,β-unsaturated/α-hetero) is 1. The molecule has 0 N–H and O–H groups in total. The smallest absolute Gasteiger partial charge is 0.283 e. The Hall–Kier alpha value is -1.19. The van der Waals surface area contributed by atoms with Crippen molar-refractivity contribution in [2.75, 3.05) is 6.61 Å². The molecule has 1 aliphatic heterocycles. The highest BCUT2D eigenvalue weighted by Gasteiger charge is 2.13. The van der Waals surface area contributed by atoms with Gasteiger partial charge in [0.1, 0.15) is 6.21 Å². The zero-order valence-corrected chi connectivity index (χ0v) is 5.00. The van der Waals surface area contributed by atoms with Gasteiger partial charge in [-0.15, -0.1) is 5.10 Å². The number of ether oxygens (including phenoxy) is 1. The largest absolute Gasteiger partial charge is 0.474 e. The van der Waals surface area contributed by atoms with Crippen molar-refractivity contribution in [2.45, 2.75) is 6.92 Å². The normalized spacial score (nSPS) is 16.1. The SMILES string of the molecule is CCOC1=NN=CC1=O. The molecule has 0 radical (unpaired) electrons. The summed E-state index contributed by atoms with van der Waals surface area (Å²) in [4.78, 5) is 10.6. The summed E-state index contributed by atoms with van der Waals surface area (Å²) in [6.07, 6.45) is 1.13. The third-order valence-corrected chi connectivity index (χ3v) is 0.815. The first kappa shape index (κ1) is 5.94. The van der Waals surface area contributed by atoms with Crippen LogP contribution in [-0.2, 0) is 9.53 Å². The van der Waals surface area contributed by atoms with E-state index in [1.54, 1.807) is 6.92 Å². The van der Waals surface area contributed by atoms with Crippen LogP contribution in [0, 0.1) is 0 Å². The molecule has 1 heterocycles. The van der Waals surface area contributed by atoms with Crippen LogP contribution < -0.4 is 0 Å². The molecule has 0 aromatic heterocycles. The molecule has 0 atom stereocenters. The molecule has 4 nitrogen and oxygen atoms in total. The quantitative estimate of drug-likeness (QED) is 0.496. The van der Waals surface area contributed by atoms with E-state index in [1.807, 2.05) is 0 Å². The van der Waals surface area contributed by atoms with Gasteiger partial charge in [0.05, 0.1) is 6.61 Å². The summed E-state index contributed by atoms with van der Waals surface area (Å²) < 4.78 is 4.79. The minimum atomic E-state index is -0.253. The third-order valence-electron chi connectivity index (χ3n) is 0.815. The first-order valence-electron chi connectivity index (χ1n) is 2.62. The topological polar surface area (TPSA) is 51.0 Å². The predicted molar refractivity (Wildman–Crippen MR) is 32.6 cm³/mol. The first-order chi connectivity index (χ1) is 4.34. The Labute approximate surface area is 52.2 Å². The molecule has 0 aromatic rings. The second kappa shape index (κ2) is 2.39. The molecule has 48 valence electrons. The number of hydrogen-bond acceptors (Lipinski definition) is 4. The highest BCUT2D eigenvalue weighted by molar-refractivity contribution is 6.59. The molecule has 0 bridgehead atoms. The van der Waals surface area contributed by atoms with Crippen LogP contribution in [0.25, 0.3) is 0 Å². The van der Waals surface area contributed by atoms with Crippen LogP contribution in [0.5, 0.6) is 0 Å². The van der Waals surface area contributed by atoms with E-state index >= 15 is 0 Å². The van der Waals surface area contributed by atoms with Crippen molar-refractivity contribution in [1.29, 1.82) is 0 Å². The van der Waals surface area contributed by atoms with Gasteiger partial charge in [-0.2, -0.15) is 5.10 Å². The zero-order chi connectivity index (χ0) is 6.69. The van der Waals surface area contributed by atoms with Crippen LogP contribution in [0.4, 0.5) is 0 Å². The van der Waals surface area contributed by atoms with Crippen molar-refractivity contribution in [1.82, 2.24) is 0 Å².